The van der Waals surface area contributed by atoms with Crippen LogP contribution < -0.4 is 19.5 Å². The third-order valence-corrected chi connectivity index (χ3v) is 7.35. The Morgan fingerprint density at radius 2 is 1.52 bits per heavy atom. The summed E-state index contributed by atoms with van der Waals surface area (Å²) in [6, 6.07) is 30.1. The van der Waals surface area contributed by atoms with Gasteiger partial charge in [0.2, 0.25) is 0 Å². The zero-order chi connectivity index (χ0) is 29.9. The summed E-state index contributed by atoms with van der Waals surface area (Å²) in [6.45, 7) is 2.66. The van der Waals surface area contributed by atoms with Crippen LogP contribution in [0.25, 0.3) is 0 Å². The van der Waals surface area contributed by atoms with Crippen LogP contribution >= 0.6 is 0 Å². The maximum absolute atomic E-state index is 11.6. The fourth-order valence-electron chi connectivity index (χ4n) is 4.99. The number of non-ortho nitro benzene ring substituents is 1. The van der Waals surface area contributed by atoms with Gasteiger partial charge in [0.05, 0.1) is 31.3 Å². The Morgan fingerprint density at radius 1 is 0.833 bits per heavy atom. The molecule has 8 nitrogen and oxygen atoms in total. The Labute approximate surface area is 247 Å². The molecule has 4 rings (SSSR count). The molecule has 0 aliphatic carbocycles. The lowest BCUT2D eigenvalue weighted by Crippen LogP contribution is -2.31. The van der Waals surface area contributed by atoms with Crippen molar-refractivity contribution in [3.05, 3.63) is 129 Å². The minimum absolute atomic E-state index is 0.0477. The minimum atomic E-state index is -0.978. The van der Waals surface area contributed by atoms with Gasteiger partial charge < -0.3 is 24.6 Å². The Morgan fingerprint density at radius 3 is 2.19 bits per heavy atom. The Balaban J connectivity index is 1.46. The summed E-state index contributed by atoms with van der Waals surface area (Å²) in [5, 5.41) is 26.3. The molecule has 3 unspecified atom stereocenters. The van der Waals surface area contributed by atoms with Crippen molar-refractivity contribution in [2.24, 2.45) is 5.92 Å². The number of rotatable bonds is 15. The van der Waals surface area contributed by atoms with Crippen LogP contribution in [-0.2, 0) is 13.0 Å². The highest BCUT2D eigenvalue weighted by molar-refractivity contribution is 5.44. The van der Waals surface area contributed by atoms with E-state index in [1.807, 2.05) is 66.7 Å². The molecule has 3 atom stereocenters. The van der Waals surface area contributed by atoms with E-state index in [9.17, 15) is 15.2 Å². The number of nitrogens with zero attached hydrogens (tertiary/aromatic N) is 1. The van der Waals surface area contributed by atoms with Gasteiger partial charge in [-0.3, -0.25) is 10.1 Å². The average molecular weight is 571 g/mol. The molecule has 0 amide bonds. The van der Waals surface area contributed by atoms with Crippen LogP contribution in [0.15, 0.2) is 97.1 Å². The highest BCUT2D eigenvalue weighted by Crippen LogP contribution is 2.32. The number of ether oxygens (including phenoxy) is 3. The van der Waals surface area contributed by atoms with Crippen molar-refractivity contribution < 1.29 is 24.2 Å². The number of nitro groups is 1. The van der Waals surface area contributed by atoms with Crippen molar-refractivity contribution in [2.75, 3.05) is 20.8 Å². The van der Waals surface area contributed by atoms with Gasteiger partial charge in [-0.2, -0.15) is 0 Å². The summed E-state index contributed by atoms with van der Waals surface area (Å²) >= 11 is 0. The first-order valence-corrected chi connectivity index (χ1v) is 14.0. The molecule has 0 aliphatic heterocycles. The summed E-state index contributed by atoms with van der Waals surface area (Å²) in [7, 11) is 3.25. The van der Waals surface area contributed by atoms with E-state index in [-0.39, 0.29) is 30.8 Å². The van der Waals surface area contributed by atoms with Crippen LogP contribution in [-0.4, -0.2) is 30.8 Å². The molecule has 0 aliphatic rings. The molecule has 0 saturated heterocycles. The first-order chi connectivity index (χ1) is 20.4. The molecule has 0 bridgehead atoms. The van der Waals surface area contributed by atoms with Crippen LogP contribution in [0.4, 0.5) is 5.69 Å². The standard InChI is InChI=1S/C34H38N2O6/c1-24(14-15-25-16-17-32(40-2)33(18-25)41-3)34(27-12-8-5-9-13-27)35-22-31(37)28-19-29(36(38)39)21-30(20-28)42-23-26-10-6-4-7-11-26/h4-13,16-21,24,31,34-35,37H,14-15,22-23H2,1-3H3. The Kier molecular flexibility index (Phi) is 10.9. The summed E-state index contributed by atoms with van der Waals surface area (Å²) in [5.41, 5.74) is 3.49. The molecule has 0 heterocycles. The second-order valence-electron chi connectivity index (χ2n) is 10.3. The SMILES string of the molecule is COc1ccc(CCC(C)C(NCC(O)c2cc(OCc3ccccc3)cc([N+](=O)[O-])c2)c2ccccc2)cc1OC. The van der Waals surface area contributed by atoms with Gasteiger partial charge in [-0.25, -0.2) is 0 Å². The van der Waals surface area contributed by atoms with Crippen LogP contribution in [0.1, 0.15) is 47.7 Å². The summed E-state index contributed by atoms with van der Waals surface area (Å²) in [4.78, 5) is 11.2. The molecule has 4 aromatic rings. The van der Waals surface area contributed by atoms with E-state index in [1.165, 1.54) is 12.1 Å². The van der Waals surface area contributed by atoms with E-state index in [0.717, 1.165) is 29.5 Å². The maximum atomic E-state index is 11.6. The Bertz CT molecular complexity index is 1430. The number of hydrogen-bond acceptors (Lipinski definition) is 7. The van der Waals surface area contributed by atoms with Crippen LogP contribution in [0, 0.1) is 16.0 Å². The molecule has 0 radical (unpaired) electrons. The van der Waals surface area contributed by atoms with Crippen molar-refractivity contribution in [1.29, 1.82) is 0 Å². The van der Waals surface area contributed by atoms with Crippen molar-refractivity contribution in [3.63, 3.8) is 0 Å². The number of aliphatic hydroxyl groups is 1. The number of methoxy groups -OCH3 is 2. The number of nitro benzene ring substituents is 1. The smallest absolute Gasteiger partial charge is 0.273 e. The lowest BCUT2D eigenvalue weighted by atomic mass is 9.89. The van der Waals surface area contributed by atoms with Crippen LogP contribution in [0.5, 0.6) is 17.2 Å². The fourth-order valence-corrected chi connectivity index (χ4v) is 4.99. The third-order valence-electron chi connectivity index (χ3n) is 7.35. The highest BCUT2D eigenvalue weighted by atomic mass is 16.6. The van der Waals surface area contributed by atoms with Crippen molar-refractivity contribution in [3.8, 4) is 17.2 Å². The van der Waals surface area contributed by atoms with Crippen LogP contribution in [0.3, 0.4) is 0 Å². The topological polar surface area (TPSA) is 103 Å². The van der Waals surface area contributed by atoms with Crippen LogP contribution in [0.2, 0.25) is 0 Å². The van der Waals surface area contributed by atoms with Gasteiger partial charge in [0.25, 0.3) is 5.69 Å². The lowest BCUT2D eigenvalue weighted by molar-refractivity contribution is -0.385. The normalized spacial score (nSPS) is 13.1. The van der Waals surface area contributed by atoms with E-state index in [1.54, 1.807) is 20.3 Å². The van der Waals surface area contributed by atoms with E-state index >= 15 is 0 Å². The predicted molar refractivity (Wildman–Crippen MR) is 163 cm³/mol. The summed E-state index contributed by atoms with van der Waals surface area (Å²) < 4.78 is 16.7. The van der Waals surface area contributed by atoms with Gasteiger partial charge >= 0.3 is 0 Å². The molecule has 42 heavy (non-hydrogen) atoms. The zero-order valence-corrected chi connectivity index (χ0v) is 24.2. The van der Waals surface area contributed by atoms with Gasteiger partial charge in [0.15, 0.2) is 11.5 Å². The molecule has 0 saturated carbocycles. The first kappa shape index (κ1) is 30.6. The zero-order valence-electron chi connectivity index (χ0n) is 24.2. The van der Waals surface area contributed by atoms with Crippen molar-refractivity contribution in [2.45, 2.75) is 38.5 Å². The monoisotopic (exact) mass is 570 g/mol. The number of aryl methyl sites for hydroxylation is 1. The molecule has 220 valence electrons. The predicted octanol–water partition coefficient (Wildman–Crippen LogP) is 6.82. The fraction of sp³-hybridized carbons (Fsp3) is 0.294. The van der Waals surface area contributed by atoms with E-state index in [4.69, 9.17) is 14.2 Å². The third kappa shape index (κ3) is 8.31. The van der Waals surface area contributed by atoms with Gasteiger partial charge in [-0.1, -0.05) is 73.7 Å². The Hall–Kier alpha value is -4.40. The first-order valence-electron chi connectivity index (χ1n) is 14.0. The largest absolute Gasteiger partial charge is 0.493 e. The van der Waals surface area contributed by atoms with Crippen molar-refractivity contribution in [1.82, 2.24) is 5.32 Å². The van der Waals surface area contributed by atoms with Gasteiger partial charge in [0.1, 0.15) is 12.4 Å². The van der Waals surface area contributed by atoms with Gasteiger partial charge in [-0.15, -0.1) is 0 Å². The molecule has 0 fully saturated rings. The van der Waals surface area contributed by atoms with E-state index < -0.39 is 11.0 Å². The van der Waals surface area contributed by atoms with Gasteiger partial charge in [0, 0.05) is 18.7 Å². The molecule has 8 heteroatoms. The highest BCUT2D eigenvalue weighted by Gasteiger charge is 2.22. The van der Waals surface area contributed by atoms with E-state index in [0.29, 0.717) is 22.8 Å². The van der Waals surface area contributed by atoms with Crippen molar-refractivity contribution >= 4 is 5.69 Å². The molecule has 0 spiro atoms. The van der Waals surface area contributed by atoms with E-state index in [2.05, 4.69) is 24.4 Å². The number of benzene rings is 4. The second-order valence-corrected chi connectivity index (χ2v) is 10.3. The maximum Gasteiger partial charge on any atom is 0.273 e. The summed E-state index contributed by atoms with van der Waals surface area (Å²) in [5.74, 6) is 1.95. The number of aliphatic hydroxyl groups excluding tert-OH is 1. The molecule has 4 aromatic carbocycles. The second kappa shape index (κ2) is 15.0. The quantitative estimate of drug-likeness (QED) is 0.119. The molecular weight excluding hydrogens is 532 g/mol. The van der Waals surface area contributed by atoms with Gasteiger partial charge in [-0.05, 0) is 59.2 Å². The number of hydrogen-bond donors (Lipinski definition) is 2. The number of nitrogens with one attached hydrogen (secondary N) is 1. The molecular formula is C34H38N2O6. The average Bonchev–Trinajstić information content (AvgIpc) is 3.03. The minimum Gasteiger partial charge on any atom is -0.493 e. The summed E-state index contributed by atoms with van der Waals surface area (Å²) in [6.07, 6.45) is 0.738. The molecule has 2 N–H and O–H groups in total. The molecule has 0 aromatic heterocycles. The lowest BCUT2D eigenvalue weighted by Gasteiger charge is -2.27.